The number of carbonyl (C=O) groups excluding carboxylic acids is 1. The van der Waals surface area contributed by atoms with Gasteiger partial charge in [0.15, 0.2) is 0 Å². The largest absolute Gasteiger partial charge is 0.497 e. The number of nitrogens with one attached hydrogen (secondary N) is 1. The molecule has 122 valence electrons. The van der Waals surface area contributed by atoms with E-state index in [1.54, 1.807) is 25.1 Å². The molecule has 0 unspecified atom stereocenters. The molecule has 7 nitrogen and oxygen atoms in total. The second-order valence-electron chi connectivity index (χ2n) is 5.03. The highest BCUT2D eigenvalue weighted by molar-refractivity contribution is 5.83. The average Bonchev–Trinajstić information content (AvgIpc) is 2.52. The lowest BCUT2D eigenvalue weighted by atomic mass is 10.0. The molecule has 7 heteroatoms. The van der Waals surface area contributed by atoms with Gasteiger partial charge in [-0.2, -0.15) is 0 Å². The van der Waals surface area contributed by atoms with Crippen molar-refractivity contribution in [3.05, 3.63) is 39.7 Å². The average molecular weight is 319 g/mol. The molecule has 0 radical (unpaired) electrons. The summed E-state index contributed by atoms with van der Waals surface area (Å²) in [5.41, 5.74) is 1.07. The van der Waals surface area contributed by atoms with E-state index in [9.17, 15) is 14.4 Å². The van der Waals surface area contributed by atoms with Crippen LogP contribution in [0.5, 0.6) is 5.75 Å². The zero-order chi connectivity index (χ0) is 17.0. The molecule has 2 rings (SSSR count). The van der Waals surface area contributed by atoms with Crippen LogP contribution in [-0.2, 0) is 16.0 Å². The molecule has 2 aromatic rings. The first-order valence-electron chi connectivity index (χ1n) is 7.01. The molecule has 2 N–H and O–H groups in total. The Hall–Kier alpha value is -2.83. The first-order chi connectivity index (χ1) is 10.9. The van der Waals surface area contributed by atoms with Crippen molar-refractivity contribution in [2.24, 2.45) is 0 Å². The van der Waals surface area contributed by atoms with Gasteiger partial charge in [-0.3, -0.25) is 9.59 Å². The molecule has 0 fully saturated rings. The van der Waals surface area contributed by atoms with E-state index >= 15 is 0 Å². The maximum absolute atomic E-state index is 12.1. The number of amides is 1. The maximum atomic E-state index is 12.1. The van der Waals surface area contributed by atoms with Crippen LogP contribution in [0.4, 0.5) is 0 Å². The van der Waals surface area contributed by atoms with Crippen LogP contribution in [0.1, 0.15) is 17.5 Å². The minimum absolute atomic E-state index is 0.0144. The predicted octanol–water partition coefficient (Wildman–Crippen LogP) is 1.24. The van der Waals surface area contributed by atoms with Crippen LogP contribution in [-0.4, -0.2) is 30.6 Å². The summed E-state index contributed by atoms with van der Waals surface area (Å²) in [6.45, 7) is 1.35. The summed E-state index contributed by atoms with van der Waals surface area (Å²) in [4.78, 5) is 34.1. The van der Waals surface area contributed by atoms with Gasteiger partial charge in [-0.05, 0) is 31.0 Å². The molecule has 0 saturated carbocycles. The summed E-state index contributed by atoms with van der Waals surface area (Å²) >= 11 is 0. The number of hydrogen-bond acceptors (Lipinski definition) is 5. The van der Waals surface area contributed by atoms with Crippen LogP contribution in [0.25, 0.3) is 11.0 Å². The third-order valence-corrected chi connectivity index (χ3v) is 3.53. The molecular formula is C16H17NO6. The van der Waals surface area contributed by atoms with Crippen molar-refractivity contribution in [1.82, 2.24) is 5.32 Å². The second-order valence-corrected chi connectivity index (χ2v) is 5.03. The van der Waals surface area contributed by atoms with Crippen molar-refractivity contribution in [3.8, 4) is 5.75 Å². The number of carbonyl (C=O) groups is 2. The van der Waals surface area contributed by atoms with Gasteiger partial charge in [0, 0.05) is 23.4 Å². The number of aryl methyl sites for hydroxylation is 1. The molecule has 0 spiro atoms. The van der Waals surface area contributed by atoms with E-state index in [2.05, 4.69) is 5.32 Å². The van der Waals surface area contributed by atoms with Gasteiger partial charge in [0.25, 0.3) is 0 Å². The van der Waals surface area contributed by atoms with Crippen LogP contribution >= 0.6 is 0 Å². The topological polar surface area (TPSA) is 106 Å². The summed E-state index contributed by atoms with van der Waals surface area (Å²) in [5, 5.41) is 11.5. The molecule has 0 aliphatic heterocycles. The van der Waals surface area contributed by atoms with E-state index in [0.29, 0.717) is 16.9 Å². The number of hydrogen-bond donors (Lipinski definition) is 2. The van der Waals surface area contributed by atoms with E-state index in [1.807, 2.05) is 0 Å². The minimum atomic E-state index is -1.12. The Morgan fingerprint density at radius 2 is 2.09 bits per heavy atom. The molecule has 1 amide bonds. The molecule has 1 aromatic heterocycles. The monoisotopic (exact) mass is 319 g/mol. The summed E-state index contributed by atoms with van der Waals surface area (Å²) in [6.07, 6.45) is 0.197. The third-order valence-electron chi connectivity index (χ3n) is 3.53. The number of fused-ring (bicyclic) bond motifs is 1. The molecular weight excluding hydrogens is 302 g/mol. The van der Waals surface area contributed by atoms with Crippen molar-refractivity contribution in [2.75, 3.05) is 13.7 Å². The first kappa shape index (κ1) is 16.5. The summed E-state index contributed by atoms with van der Waals surface area (Å²) < 4.78 is 10.4. The Morgan fingerprint density at radius 1 is 1.35 bits per heavy atom. The van der Waals surface area contributed by atoms with E-state index in [-0.39, 0.29) is 12.8 Å². The summed E-state index contributed by atoms with van der Waals surface area (Å²) in [5.74, 6) is -0.962. The van der Waals surface area contributed by atoms with Crippen molar-refractivity contribution >= 4 is 22.8 Å². The fourth-order valence-electron chi connectivity index (χ4n) is 2.29. The van der Waals surface area contributed by atoms with E-state index < -0.39 is 24.0 Å². The standard InChI is InChI=1S/C16H17NO6/c1-9-11-4-3-10(22-2)7-13(11)23-16(21)12(9)5-6-14(18)17-8-15(19)20/h3-4,7H,5-6,8H2,1-2H3,(H,17,18)(H,19,20). The minimum Gasteiger partial charge on any atom is -0.497 e. The van der Waals surface area contributed by atoms with Crippen LogP contribution in [0.3, 0.4) is 0 Å². The van der Waals surface area contributed by atoms with E-state index in [4.69, 9.17) is 14.3 Å². The normalized spacial score (nSPS) is 10.5. The van der Waals surface area contributed by atoms with Crippen molar-refractivity contribution in [3.63, 3.8) is 0 Å². The molecule has 0 bridgehead atoms. The molecule has 1 heterocycles. The zero-order valence-electron chi connectivity index (χ0n) is 12.8. The van der Waals surface area contributed by atoms with Crippen LogP contribution in [0.2, 0.25) is 0 Å². The number of methoxy groups -OCH3 is 1. The number of rotatable bonds is 6. The van der Waals surface area contributed by atoms with Crippen LogP contribution < -0.4 is 15.7 Å². The highest BCUT2D eigenvalue weighted by Crippen LogP contribution is 2.24. The number of ether oxygens (including phenoxy) is 1. The molecule has 0 atom stereocenters. The van der Waals surface area contributed by atoms with Crippen LogP contribution in [0.15, 0.2) is 27.4 Å². The van der Waals surface area contributed by atoms with Crippen molar-refractivity contribution in [2.45, 2.75) is 19.8 Å². The van der Waals surface area contributed by atoms with Gasteiger partial charge in [0.1, 0.15) is 17.9 Å². The Labute approximate surface area is 131 Å². The Balaban J connectivity index is 2.22. The number of aliphatic carboxylic acids is 1. The molecule has 0 saturated heterocycles. The predicted molar refractivity (Wildman–Crippen MR) is 82.7 cm³/mol. The Morgan fingerprint density at radius 3 is 2.74 bits per heavy atom. The lowest BCUT2D eigenvalue weighted by Crippen LogP contribution is -2.29. The number of carboxylic acids is 1. The molecule has 23 heavy (non-hydrogen) atoms. The number of carboxylic acid groups (broad SMARTS) is 1. The fraction of sp³-hybridized carbons (Fsp3) is 0.312. The fourth-order valence-corrected chi connectivity index (χ4v) is 2.29. The van der Waals surface area contributed by atoms with Gasteiger partial charge in [-0.25, -0.2) is 4.79 Å². The van der Waals surface area contributed by atoms with Gasteiger partial charge in [0.2, 0.25) is 5.91 Å². The van der Waals surface area contributed by atoms with Gasteiger partial charge in [-0.1, -0.05) is 0 Å². The highest BCUT2D eigenvalue weighted by Gasteiger charge is 2.14. The van der Waals surface area contributed by atoms with Gasteiger partial charge < -0.3 is 19.6 Å². The second kappa shape index (κ2) is 6.95. The van der Waals surface area contributed by atoms with Gasteiger partial charge in [-0.15, -0.1) is 0 Å². The van der Waals surface area contributed by atoms with Crippen molar-refractivity contribution in [1.29, 1.82) is 0 Å². The Kier molecular flexibility index (Phi) is 5.00. The first-order valence-corrected chi connectivity index (χ1v) is 7.01. The molecule has 1 aromatic carbocycles. The SMILES string of the molecule is COc1ccc2c(C)c(CCC(=O)NCC(=O)O)c(=O)oc2c1. The number of benzene rings is 1. The zero-order valence-corrected chi connectivity index (χ0v) is 12.8. The summed E-state index contributed by atoms with van der Waals surface area (Å²) in [6, 6.07) is 5.19. The Bertz CT molecular complexity index is 808. The summed E-state index contributed by atoms with van der Waals surface area (Å²) in [7, 11) is 1.52. The third kappa shape index (κ3) is 3.88. The lowest BCUT2D eigenvalue weighted by molar-refractivity contribution is -0.137. The van der Waals surface area contributed by atoms with E-state index in [1.165, 1.54) is 7.11 Å². The molecule has 0 aliphatic carbocycles. The maximum Gasteiger partial charge on any atom is 0.339 e. The molecule has 0 aliphatic rings. The van der Waals surface area contributed by atoms with Gasteiger partial charge >= 0.3 is 11.6 Å². The quantitative estimate of drug-likeness (QED) is 0.776. The van der Waals surface area contributed by atoms with Gasteiger partial charge in [0.05, 0.1) is 7.11 Å². The smallest absolute Gasteiger partial charge is 0.339 e. The highest BCUT2D eigenvalue weighted by atomic mass is 16.5. The van der Waals surface area contributed by atoms with Crippen LogP contribution in [0, 0.1) is 6.92 Å². The lowest BCUT2D eigenvalue weighted by Gasteiger charge is -2.09. The van der Waals surface area contributed by atoms with Crippen molar-refractivity contribution < 1.29 is 23.8 Å². The van der Waals surface area contributed by atoms with E-state index in [0.717, 1.165) is 10.9 Å².